The van der Waals surface area contributed by atoms with Gasteiger partial charge in [0.15, 0.2) is 0 Å². The summed E-state index contributed by atoms with van der Waals surface area (Å²) in [5.74, 6) is 0.511. The topological polar surface area (TPSA) is 67.0 Å². The van der Waals surface area contributed by atoms with Crippen molar-refractivity contribution in [2.75, 3.05) is 6.54 Å². The number of hydrogen-bond donors (Lipinski definition) is 2. The third-order valence-electron chi connectivity index (χ3n) is 2.44. The van der Waals surface area contributed by atoms with Crippen LogP contribution in [0.15, 0.2) is 36.8 Å². The van der Waals surface area contributed by atoms with Gasteiger partial charge in [-0.3, -0.25) is 4.79 Å². The van der Waals surface area contributed by atoms with Crippen molar-refractivity contribution in [3.63, 3.8) is 0 Å². The van der Waals surface area contributed by atoms with E-state index in [9.17, 15) is 4.79 Å². The zero-order valence-electron chi connectivity index (χ0n) is 10.4. The molecule has 1 unspecified atom stereocenters. The van der Waals surface area contributed by atoms with Gasteiger partial charge in [-0.15, -0.1) is 0 Å². The molecule has 0 bridgehead atoms. The largest absolute Gasteiger partial charge is 0.489 e. The van der Waals surface area contributed by atoms with Gasteiger partial charge in [-0.05, 0) is 31.2 Å². The molecule has 5 nitrogen and oxygen atoms in total. The van der Waals surface area contributed by atoms with Crippen molar-refractivity contribution >= 4 is 17.5 Å². The zero-order chi connectivity index (χ0) is 13.7. The summed E-state index contributed by atoms with van der Waals surface area (Å²) in [7, 11) is 0. The van der Waals surface area contributed by atoms with Crippen LogP contribution in [0.5, 0.6) is 5.75 Å². The Hall–Kier alpha value is -2.01. The first-order chi connectivity index (χ1) is 9.15. The lowest BCUT2D eigenvalue weighted by atomic mass is 10.3. The van der Waals surface area contributed by atoms with E-state index in [2.05, 4.69) is 15.3 Å². The van der Waals surface area contributed by atoms with Gasteiger partial charge in [0.1, 0.15) is 17.5 Å². The van der Waals surface area contributed by atoms with E-state index in [0.29, 0.717) is 23.0 Å². The Morgan fingerprint density at radius 2 is 2.21 bits per heavy atom. The molecule has 6 heteroatoms. The SMILES string of the molecule is CC(CNC(=O)c1cnc[nH]1)Oc1ccc(Cl)cc1. The molecule has 1 amide bonds. The molecule has 2 rings (SSSR count). The maximum atomic E-state index is 11.7. The summed E-state index contributed by atoms with van der Waals surface area (Å²) < 4.78 is 5.64. The molecule has 1 heterocycles. The molecule has 1 atom stereocenters. The third-order valence-corrected chi connectivity index (χ3v) is 2.70. The molecule has 0 fully saturated rings. The summed E-state index contributed by atoms with van der Waals surface area (Å²) >= 11 is 5.79. The van der Waals surface area contributed by atoms with E-state index in [4.69, 9.17) is 16.3 Å². The lowest BCUT2D eigenvalue weighted by Crippen LogP contribution is -2.33. The molecule has 2 N–H and O–H groups in total. The molecule has 0 saturated carbocycles. The second-order valence-electron chi connectivity index (χ2n) is 4.06. The highest BCUT2D eigenvalue weighted by Gasteiger charge is 2.09. The lowest BCUT2D eigenvalue weighted by Gasteiger charge is -2.15. The fourth-order valence-electron chi connectivity index (χ4n) is 1.50. The van der Waals surface area contributed by atoms with Crippen molar-refractivity contribution in [3.8, 4) is 5.75 Å². The van der Waals surface area contributed by atoms with Crippen LogP contribution >= 0.6 is 11.6 Å². The summed E-state index contributed by atoms with van der Waals surface area (Å²) in [6.45, 7) is 2.28. The Bertz CT molecular complexity index is 525. The highest BCUT2D eigenvalue weighted by atomic mass is 35.5. The van der Waals surface area contributed by atoms with Gasteiger partial charge in [-0.2, -0.15) is 0 Å². The fraction of sp³-hybridized carbons (Fsp3) is 0.231. The number of aromatic nitrogens is 2. The first-order valence-corrected chi connectivity index (χ1v) is 6.22. The number of benzene rings is 1. The number of amides is 1. The number of aromatic amines is 1. The summed E-state index contributed by atoms with van der Waals surface area (Å²) in [5.41, 5.74) is 0.429. The minimum Gasteiger partial charge on any atom is -0.489 e. The number of halogens is 1. The minimum absolute atomic E-state index is 0.145. The molecule has 0 spiro atoms. The van der Waals surface area contributed by atoms with Gasteiger partial charge in [-0.25, -0.2) is 4.98 Å². The highest BCUT2D eigenvalue weighted by Crippen LogP contribution is 2.16. The Morgan fingerprint density at radius 3 is 2.84 bits per heavy atom. The van der Waals surface area contributed by atoms with Gasteiger partial charge in [0.25, 0.3) is 5.91 Å². The van der Waals surface area contributed by atoms with E-state index in [0.717, 1.165) is 0 Å². The summed E-state index contributed by atoms with van der Waals surface area (Å²) in [4.78, 5) is 18.2. The van der Waals surface area contributed by atoms with Crippen LogP contribution in [0, 0.1) is 0 Å². The van der Waals surface area contributed by atoms with Crippen molar-refractivity contribution in [2.24, 2.45) is 0 Å². The highest BCUT2D eigenvalue weighted by molar-refractivity contribution is 6.30. The van der Waals surface area contributed by atoms with Crippen LogP contribution in [0.25, 0.3) is 0 Å². The summed E-state index contributed by atoms with van der Waals surface area (Å²) in [6.07, 6.45) is 2.79. The number of nitrogens with zero attached hydrogens (tertiary/aromatic N) is 1. The Labute approximate surface area is 116 Å². The van der Waals surface area contributed by atoms with Crippen molar-refractivity contribution in [1.29, 1.82) is 0 Å². The van der Waals surface area contributed by atoms with Crippen molar-refractivity contribution < 1.29 is 9.53 Å². The predicted octanol–water partition coefficient (Wildman–Crippen LogP) is 2.26. The van der Waals surface area contributed by atoms with Crippen molar-refractivity contribution in [3.05, 3.63) is 47.5 Å². The van der Waals surface area contributed by atoms with Gasteiger partial charge in [0, 0.05) is 5.02 Å². The second kappa shape index (κ2) is 6.24. The van der Waals surface area contributed by atoms with Crippen LogP contribution in [0.1, 0.15) is 17.4 Å². The zero-order valence-corrected chi connectivity index (χ0v) is 11.1. The smallest absolute Gasteiger partial charge is 0.269 e. The van der Waals surface area contributed by atoms with Gasteiger partial charge in [-0.1, -0.05) is 11.6 Å². The quantitative estimate of drug-likeness (QED) is 0.882. The molecule has 1 aromatic heterocycles. The van der Waals surface area contributed by atoms with E-state index < -0.39 is 0 Å². The molecule has 2 aromatic rings. The number of carbonyl (C=O) groups is 1. The third kappa shape index (κ3) is 3.99. The standard InChI is InChI=1S/C13H14ClN3O2/c1-9(19-11-4-2-10(14)3-5-11)6-16-13(18)12-7-15-8-17-12/h2-5,7-9H,6H2,1H3,(H,15,17)(H,16,18). The van der Waals surface area contributed by atoms with Crippen LogP contribution in [0.4, 0.5) is 0 Å². The molecule has 100 valence electrons. The first-order valence-electron chi connectivity index (χ1n) is 5.84. The van der Waals surface area contributed by atoms with E-state index in [1.165, 1.54) is 12.5 Å². The van der Waals surface area contributed by atoms with Crippen LogP contribution in [0.2, 0.25) is 5.02 Å². The van der Waals surface area contributed by atoms with E-state index in [-0.39, 0.29) is 12.0 Å². The number of imidazole rings is 1. The molecule has 1 aromatic carbocycles. The molecule has 0 aliphatic rings. The van der Waals surface area contributed by atoms with Crippen molar-refractivity contribution in [1.82, 2.24) is 15.3 Å². The molecule has 0 aliphatic carbocycles. The minimum atomic E-state index is -0.205. The van der Waals surface area contributed by atoms with Gasteiger partial charge < -0.3 is 15.0 Å². The van der Waals surface area contributed by atoms with Crippen LogP contribution in [-0.2, 0) is 0 Å². The second-order valence-corrected chi connectivity index (χ2v) is 4.49. The van der Waals surface area contributed by atoms with Gasteiger partial charge in [0.2, 0.25) is 0 Å². The number of rotatable bonds is 5. The average molecular weight is 280 g/mol. The van der Waals surface area contributed by atoms with E-state index >= 15 is 0 Å². The molecular formula is C13H14ClN3O2. The maximum absolute atomic E-state index is 11.7. The normalized spacial score (nSPS) is 11.9. The summed E-state index contributed by atoms with van der Waals surface area (Å²) in [6, 6.07) is 7.09. The number of nitrogens with one attached hydrogen (secondary N) is 2. The Kier molecular flexibility index (Phi) is 4.41. The molecule has 0 radical (unpaired) electrons. The van der Waals surface area contributed by atoms with Crippen molar-refractivity contribution in [2.45, 2.75) is 13.0 Å². The molecule has 0 aliphatic heterocycles. The number of hydrogen-bond acceptors (Lipinski definition) is 3. The number of ether oxygens (including phenoxy) is 1. The van der Waals surface area contributed by atoms with Gasteiger partial charge >= 0.3 is 0 Å². The Balaban J connectivity index is 1.80. The van der Waals surface area contributed by atoms with Crippen LogP contribution in [-0.4, -0.2) is 28.5 Å². The average Bonchev–Trinajstić information content (AvgIpc) is 2.93. The Morgan fingerprint density at radius 1 is 1.47 bits per heavy atom. The first kappa shape index (κ1) is 13.4. The summed E-state index contributed by atoms with van der Waals surface area (Å²) in [5, 5.41) is 3.41. The number of carbonyl (C=O) groups excluding carboxylic acids is 1. The maximum Gasteiger partial charge on any atom is 0.269 e. The predicted molar refractivity (Wildman–Crippen MR) is 72.5 cm³/mol. The van der Waals surface area contributed by atoms with Crippen LogP contribution in [0.3, 0.4) is 0 Å². The molecule has 0 saturated heterocycles. The van der Waals surface area contributed by atoms with Crippen LogP contribution < -0.4 is 10.1 Å². The molecule has 19 heavy (non-hydrogen) atoms. The fourth-order valence-corrected chi connectivity index (χ4v) is 1.62. The van der Waals surface area contributed by atoms with E-state index in [1.807, 2.05) is 6.92 Å². The number of H-pyrrole nitrogens is 1. The molecular weight excluding hydrogens is 266 g/mol. The monoisotopic (exact) mass is 279 g/mol. The van der Waals surface area contributed by atoms with Gasteiger partial charge in [0.05, 0.1) is 19.1 Å². The van der Waals surface area contributed by atoms with E-state index in [1.54, 1.807) is 24.3 Å². The lowest BCUT2D eigenvalue weighted by molar-refractivity contribution is 0.0928.